The van der Waals surface area contributed by atoms with Crippen LogP contribution in [0.1, 0.15) is 5.56 Å². The number of methoxy groups -OCH3 is 2. The lowest BCUT2D eigenvalue weighted by Gasteiger charge is -2.31. The lowest BCUT2D eigenvalue weighted by molar-refractivity contribution is -0.384. The van der Waals surface area contributed by atoms with E-state index in [4.69, 9.17) is 9.47 Å². The average molecular weight is 479 g/mol. The smallest absolute Gasteiger partial charge is 0.293 e. The molecule has 0 radical (unpaired) electrons. The maximum atomic E-state index is 13.0. The zero-order valence-corrected chi connectivity index (χ0v) is 20.2. The Morgan fingerprint density at radius 2 is 1.70 bits per heavy atom. The summed E-state index contributed by atoms with van der Waals surface area (Å²) < 4.78 is 38.0. The molecule has 33 heavy (non-hydrogen) atoms. The molecule has 0 saturated carbocycles. The van der Waals surface area contributed by atoms with Gasteiger partial charge < -0.3 is 19.3 Å². The third-order valence-electron chi connectivity index (χ3n) is 5.84. The topological polar surface area (TPSA) is 105 Å². The van der Waals surface area contributed by atoms with E-state index in [2.05, 4.69) is 0 Å². The number of hydrogen-bond donors (Lipinski definition) is 0. The van der Waals surface area contributed by atoms with Crippen molar-refractivity contribution in [3.63, 3.8) is 0 Å². The Bertz CT molecular complexity index is 1100. The summed E-state index contributed by atoms with van der Waals surface area (Å²) >= 11 is 0. The summed E-state index contributed by atoms with van der Waals surface area (Å²) in [6.45, 7) is 2.46. The Labute approximate surface area is 194 Å². The van der Waals surface area contributed by atoms with E-state index in [9.17, 15) is 18.5 Å². The molecule has 0 amide bonds. The number of nitrogens with zero attached hydrogens (tertiary/aromatic N) is 4. The number of hydrogen-bond acceptors (Lipinski definition) is 8. The van der Waals surface area contributed by atoms with Gasteiger partial charge in [0.25, 0.3) is 5.69 Å². The number of likely N-dealkylation sites (N-methyl/N-ethyl adjacent to an activating group) is 2. The second-order valence-corrected chi connectivity index (χ2v) is 9.91. The minimum Gasteiger partial charge on any atom is -0.493 e. The highest BCUT2D eigenvalue weighted by atomic mass is 32.2. The average Bonchev–Trinajstić information content (AvgIpc) is 2.82. The third kappa shape index (κ3) is 5.55. The molecule has 0 bridgehead atoms. The molecule has 1 aliphatic rings. The number of ether oxygens (including phenoxy) is 2. The Kier molecular flexibility index (Phi) is 7.77. The maximum Gasteiger partial charge on any atom is 0.293 e. The van der Waals surface area contributed by atoms with Crippen molar-refractivity contribution in [1.82, 2.24) is 9.21 Å². The van der Waals surface area contributed by atoms with Crippen LogP contribution in [-0.4, -0.2) is 83.6 Å². The molecule has 3 rings (SSSR count). The third-order valence-corrected chi connectivity index (χ3v) is 7.73. The number of rotatable bonds is 9. The van der Waals surface area contributed by atoms with Crippen molar-refractivity contribution in [3.05, 3.63) is 52.1 Å². The summed E-state index contributed by atoms with van der Waals surface area (Å²) in [5, 5.41) is 11.8. The van der Waals surface area contributed by atoms with Crippen molar-refractivity contribution < 1.29 is 22.8 Å². The fourth-order valence-corrected chi connectivity index (χ4v) is 5.21. The van der Waals surface area contributed by atoms with Crippen LogP contribution in [0.2, 0.25) is 0 Å². The number of nitro groups is 1. The van der Waals surface area contributed by atoms with Crippen LogP contribution < -0.4 is 14.4 Å². The van der Waals surface area contributed by atoms with Gasteiger partial charge >= 0.3 is 0 Å². The molecule has 0 unspecified atom stereocenters. The Balaban J connectivity index is 1.79. The standard InChI is InChI=1S/C22H30N4O6S/c1-23-11-13-25(14-12-23)33(29,30)18-6-7-19(20(16-18)26(27)28)24(2)10-9-17-5-8-21(31-3)22(15-17)32-4/h5-8,15-16H,9-14H2,1-4H3. The first-order valence-corrected chi connectivity index (χ1v) is 12.0. The minimum absolute atomic E-state index is 0.0595. The molecule has 0 aromatic heterocycles. The van der Waals surface area contributed by atoms with Crippen LogP contribution in [-0.2, 0) is 16.4 Å². The van der Waals surface area contributed by atoms with Gasteiger partial charge in [-0.3, -0.25) is 10.1 Å². The van der Waals surface area contributed by atoms with Crippen molar-refractivity contribution >= 4 is 21.4 Å². The van der Waals surface area contributed by atoms with Crippen LogP contribution >= 0.6 is 0 Å². The summed E-state index contributed by atoms with van der Waals surface area (Å²) in [5.41, 5.74) is 1.11. The number of sulfonamides is 1. The van der Waals surface area contributed by atoms with Crippen LogP contribution in [0.4, 0.5) is 11.4 Å². The van der Waals surface area contributed by atoms with Crippen LogP contribution in [0.3, 0.4) is 0 Å². The van der Waals surface area contributed by atoms with E-state index in [1.807, 2.05) is 30.1 Å². The molecular formula is C22H30N4O6S. The highest BCUT2D eigenvalue weighted by molar-refractivity contribution is 7.89. The monoisotopic (exact) mass is 478 g/mol. The molecule has 2 aromatic carbocycles. The van der Waals surface area contributed by atoms with Gasteiger partial charge in [-0.25, -0.2) is 8.42 Å². The van der Waals surface area contributed by atoms with Gasteiger partial charge in [-0.2, -0.15) is 4.31 Å². The molecule has 1 fully saturated rings. The lowest BCUT2D eigenvalue weighted by Crippen LogP contribution is -2.47. The van der Waals surface area contributed by atoms with Crippen LogP contribution in [0.25, 0.3) is 0 Å². The van der Waals surface area contributed by atoms with Crippen LogP contribution in [0.5, 0.6) is 11.5 Å². The SMILES string of the molecule is COc1ccc(CCN(C)c2ccc(S(=O)(=O)N3CCN(C)CC3)cc2[N+](=O)[O-])cc1OC. The summed E-state index contributed by atoms with van der Waals surface area (Å²) in [7, 11) is 3.02. The number of anilines is 1. The van der Waals surface area contributed by atoms with Gasteiger partial charge in [0.2, 0.25) is 10.0 Å². The van der Waals surface area contributed by atoms with Crippen molar-refractivity contribution in [3.8, 4) is 11.5 Å². The molecule has 1 saturated heterocycles. The van der Waals surface area contributed by atoms with Gasteiger partial charge in [0.1, 0.15) is 5.69 Å². The van der Waals surface area contributed by atoms with Crippen molar-refractivity contribution in [2.75, 3.05) is 65.9 Å². The zero-order chi connectivity index (χ0) is 24.2. The first-order chi connectivity index (χ1) is 15.7. The molecule has 0 aliphatic carbocycles. The highest BCUT2D eigenvalue weighted by Gasteiger charge is 2.30. The van der Waals surface area contributed by atoms with Gasteiger partial charge in [-0.15, -0.1) is 0 Å². The quantitative estimate of drug-likeness (QED) is 0.399. The van der Waals surface area contributed by atoms with Crippen molar-refractivity contribution in [1.29, 1.82) is 0 Å². The predicted molar refractivity (Wildman–Crippen MR) is 126 cm³/mol. The van der Waals surface area contributed by atoms with Crippen LogP contribution in [0.15, 0.2) is 41.3 Å². The molecule has 0 spiro atoms. The van der Waals surface area contributed by atoms with E-state index >= 15 is 0 Å². The van der Waals surface area contributed by atoms with E-state index in [-0.39, 0.29) is 10.6 Å². The van der Waals surface area contributed by atoms with E-state index in [1.165, 1.54) is 16.4 Å². The first kappa shape index (κ1) is 24.7. The maximum absolute atomic E-state index is 13.0. The second kappa shape index (κ2) is 10.4. The Morgan fingerprint density at radius 3 is 2.30 bits per heavy atom. The largest absolute Gasteiger partial charge is 0.493 e. The molecule has 11 heteroatoms. The van der Waals surface area contributed by atoms with Gasteiger partial charge in [-0.05, 0) is 43.3 Å². The lowest BCUT2D eigenvalue weighted by atomic mass is 10.1. The van der Waals surface area contributed by atoms with Gasteiger partial charge in [-0.1, -0.05) is 6.07 Å². The molecule has 0 N–H and O–H groups in total. The molecule has 180 valence electrons. The van der Waals surface area contributed by atoms with Gasteiger partial charge in [0.15, 0.2) is 11.5 Å². The van der Waals surface area contributed by atoms with Gasteiger partial charge in [0, 0.05) is 45.8 Å². The van der Waals surface area contributed by atoms with E-state index in [0.717, 1.165) is 11.6 Å². The minimum atomic E-state index is -3.80. The molecule has 0 atom stereocenters. The van der Waals surface area contributed by atoms with Crippen molar-refractivity contribution in [2.24, 2.45) is 0 Å². The first-order valence-electron chi connectivity index (χ1n) is 10.6. The fraction of sp³-hybridized carbons (Fsp3) is 0.455. The number of benzene rings is 2. The summed E-state index contributed by atoms with van der Waals surface area (Å²) in [5.74, 6) is 1.24. The fourth-order valence-electron chi connectivity index (χ4n) is 3.76. The molecule has 1 heterocycles. The normalized spacial score (nSPS) is 15.3. The Hall–Kier alpha value is -2.89. The number of nitro benzene ring substituents is 1. The summed E-state index contributed by atoms with van der Waals surface area (Å²) in [6.07, 6.45) is 0.607. The van der Waals surface area contributed by atoms with E-state index in [1.54, 1.807) is 26.2 Å². The summed E-state index contributed by atoms with van der Waals surface area (Å²) in [6, 6.07) is 9.71. The zero-order valence-electron chi connectivity index (χ0n) is 19.4. The van der Waals surface area contributed by atoms with Crippen molar-refractivity contribution in [2.45, 2.75) is 11.3 Å². The Morgan fingerprint density at radius 1 is 1.03 bits per heavy atom. The molecule has 1 aliphatic heterocycles. The number of piperazine rings is 1. The second-order valence-electron chi connectivity index (χ2n) is 7.98. The molecular weight excluding hydrogens is 448 g/mol. The molecule has 10 nitrogen and oxygen atoms in total. The van der Waals surface area contributed by atoms with Gasteiger partial charge in [0.05, 0.1) is 24.0 Å². The molecule has 2 aromatic rings. The van der Waals surface area contributed by atoms with Crippen LogP contribution in [0, 0.1) is 10.1 Å². The van der Waals surface area contributed by atoms with E-state index in [0.29, 0.717) is 56.3 Å². The summed E-state index contributed by atoms with van der Waals surface area (Å²) in [4.78, 5) is 15.0. The highest BCUT2D eigenvalue weighted by Crippen LogP contribution is 2.32. The van der Waals surface area contributed by atoms with E-state index < -0.39 is 14.9 Å². The predicted octanol–water partition coefficient (Wildman–Crippen LogP) is 2.23.